The number of hydrogen-bond acceptors (Lipinski definition) is 3. The summed E-state index contributed by atoms with van der Waals surface area (Å²) in [7, 11) is -1.73. The SMILES string of the molecule is CC(C)(C)c1cc(-c2cc3sccc3s2)cc(C(C)(C)C)c1O[Si](C)(C)C. The van der Waals surface area contributed by atoms with Crippen molar-refractivity contribution in [3.63, 3.8) is 0 Å². The highest BCUT2D eigenvalue weighted by Crippen LogP contribution is 2.45. The molecule has 1 aromatic carbocycles. The summed E-state index contributed by atoms with van der Waals surface area (Å²) in [6.07, 6.45) is 0. The molecule has 3 aromatic rings. The molecule has 0 bridgehead atoms. The predicted molar refractivity (Wildman–Crippen MR) is 127 cm³/mol. The van der Waals surface area contributed by atoms with E-state index in [1.807, 2.05) is 22.7 Å². The van der Waals surface area contributed by atoms with Gasteiger partial charge in [-0.15, -0.1) is 22.7 Å². The third-order valence-corrected chi connectivity index (χ3v) is 7.50. The molecule has 27 heavy (non-hydrogen) atoms. The van der Waals surface area contributed by atoms with Gasteiger partial charge in [0.2, 0.25) is 8.32 Å². The van der Waals surface area contributed by atoms with Crippen molar-refractivity contribution >= 4 is 40.4 Å². The van der Waals surface area contributed by atoms with Gasteiger partial charge in [0, 0.05) is 14.3 Å². The van der Waals surface area contributed by atoms with E-state index in [4.69, 9.17) is 4.43 Å². The molecule has 0 aliphatic carbocycles. The lowest BCUT2D eigenvalue weighted by molar-refractivity contribution is 0.478. The van der Waals surface area contributed by atoms with E-state index in [0.29, 0.717) is 0 Å². The van der Waals surface area contributed by atoms with Crippen molar-refractivity contribution < 1.29 is 4.43 Å². The fourth-order valence-electron chi connectivity index (χ4n) is 3.21. The zero-order chi connectivity index (χ0) is 20.2. The highest BCUT2D eigenvalue weighted by molar-refractivity contribution is 7.28. The molecular weight excluding hydrogens is 384 g/mol. The van der Waals surface area contributed by atoms with Crippen molar-refractivity contribution in [2.75, 3.05) is 0 Å². The zero-order valence-electron chi connectivity index (χ0n) is 18.1. The average molecular weight is 417 g/mol. The van der Waals surface area contributed by atoms with E-state index in [0.717, 1.165) is 5.75 Å². The Bertz CT molecular complexity index is 895. The minimum Gasteiger partial charge on any atom is -0.544 e. The van der Waals surface area contributed by atoms with Gasteiger partial charge in [-0.3, -0.25) is 0 Å². The van der Waals surface area contributed by atoms with Crippen LogP contribution in [-0.2, 0) is 10.8 Å². The van der Waals surface area contributed by atoms with Gasteiger partial charge in [0.25, 0.3) is 0 Å². The largest absolute Gasteiger partial charge is 0.544 e. The van der Waals surface area contributed by atoms with Crippen molar-refractivity contribution in [3.8, 4) is 16.2 Å². The Kier molecular flexibility index (Phi) is 5.16. The third-order valence-electron chi connectivity index (χ3n) is 4.54. The molecule has 0 saturated carbocycles. The van der Waals surface area contributed by atoms with Gasteiger partial charge in [0.1, 0.15) is 5.75 Å². The molecule has 3 rings (SSSR count). The van der Waals surface area contributed by atoms with Gasteiger partial charge in [-0.1, -0.05) is 41.5 Å². The fraction of sp³-hybridized carbons (Fsp3) is 0.478. The first-order chi connectivity index (χ1) is 12.3. The first kappa shape index (κ1) is 20.6. The van der Waals surface area contributed by atoms with Crippen LogP contribution < -0.4 is 4.43 Å². The van der Waals surface area contributed by atoms with Gasteiger partial charge in [-0.2, -0.15) is 0 Å². The van der Waals surface area contributed by atoms with Crippen LogP contribution in [0.5, 0.6) is 5.75 Å². The lowest BCUT2D eigenvalue weighted by Crippen LogP contribution is -2.32. The molecule has 0 spiro atoms. The quantitative estimate of drug-likeness (QED) is 0.389. The zero-order valence-corrected chi connectivity index (χ0v) is 20.7. The molecule has 0 unspecified atom stereocenters. The smallest absolute Gasteiger partial charge is 0.242 e. The van der Waals surface area contributed by atoms with Gasteiger partial charge >= 0.3 is 0 Å². The molecule has 2 aromatic heterocycles. The maximum absolute atomic E-state index is 6.70. The Labute approximate surface area is 173 Å². The maximum Gasteiger partial charge on any atom is 0.242 e. The van der Waals surface area contributed by atoms with Gasteiger partial charge in [-0.05, 0) is 76.8 Å². The number of fused-ring (bicyclic) bond motifs is 1. The Morgan fingerprint density at radius 2 is 1.37 bits per heavy atom. The minimum absolute atomic E-state index is 0.0274. The maximum atomic E-state index is 6.70. The summed E-state index contributed by atoms with van der Waals surface area (Å²) < 4.78 is 9.46. The van der Waals surface area contributed by atoms with Crippen molar-refractivity contribution in [1.82, 2.24) is 0 Å². The third kappa shape index (κ3) is 4.49. The normalized spacial score (nSPS) is 13.4. The van der Waals surface area contributed by atoms with Crippen molar-refractivity contribution in [2.45, 2.75) is 72.0 Å². The molecule has 0 saturated heterocycles. The summed E-state index contributed by atoms with van der Waals surface area (Å²) in [4.78, 5) is 1.35. The monoisotopic (exact) mass is 416 g/mol. The Morgan fingerprint density at radius 1 is 0.815 bits per heavy atom. The Morgan fingerprint density at radius 3 is 1.81 bits per heavy atom. The summed E-state index contributed by atoms with van der Waals surface area (Å²) in [5, 5.41) is 2.18. The summed E-state index contributed by atoms with van der Waals surface area (Å²) >= 11 is 3.72. The fourth-order valence-corrected chi connectivity index (χ4v) is 6.14. The molecule has 0 aliphatic rings. The van der Waals surface area contributed by atoms with Crippen LogP contribution >= 0.6 is 22.7 Å². The van der Waals surface area contributed by atoms with E-state index < -0.39 is 8.32 Å². The summed E-state index contributed by atoms with van der Waals surface area (Å²) in [5.41, 5.74) is 4.02. The molecule has 0 fully saturated rings. The standard InChI is InChI=1S/C23H32OS2Si/c1-22(2,3)16-12-15(19-14-20-18(26-19)10-11-25-20)13-17(23(4,5)6)21(16)24-27(7,8)9/h10-14H,1-9H3. The van der Waals surface area contributed by atoms with Crippen LogP contribution in [-0.4, -0.2) is 8.32 Å². The average Bonchev–Trinajstić information content (AvgIpc) is 3.04. The summed E-state index contributed by atoms with van der Waals surface area (Å²) in [6, 6.07) is 9.32. The first-order valence-corrected chi connectivity index (χ1v) is 14.7. The van der Waals surface area contributed by atoms with E-state index >= 15 is 0 Å². The molecule has 0 radical (unpaired) electrons. The van der Waals surface area contributed by atoms with Crippen molar-refractivity contribution in [2.24, 2.45) is 0 Å². The highest BCUT2D eigenvalue weighted by Gasteiger charge is 2.31. The van der Waals surface area contributed by atoms with E-state index in [1.165, 1.54) is 31.0 Å². The molecule has 1 nitrogen and oxygen atoms in total. The molecule has 2 heterocycles. The number of hydrogen-bond donors (Lipinski definition) is 0. The van der Waals surface area contributed by atoms with Gasteiger partial charge < -0.3 is 4.43 Å². The lowest BCUT2D eigenvalue weighted by Gasteiger charge is -2.34. The van der Waals surface area contributed by atoms with E-state index in [-0.39, 0.29) is 10.8 Å². The summed E-state index contributed by atoms with van der Waals surface area (Å²) in [5.74, 6) is 1.12. The molecule has 146 valence electrons. The second-order valence-electron chi connectivity index (χ2n) is 10.4. The van der Waals surface area contributed by atoms with Crippen LogP contribution in [0.1, 0.15) is 52.7 Å². The van der Waals surface area contributed by atoms with Gasteiger partial charge in [0.05, 0.1) is 0 Å². The van der Waals surface area contributed by atoms with Crippen LogP contribution in [0.25, 0.3) is 19.8 Å². The van der Waals surface area contributed by atoms with E-state index in [9.17, 15) is 0 Å². The summed E-state index contributed by atoms with van der Waals surface area (Å²) in [6.45, 7) is 20.6. The second-order valence-corrected chi connectivity index (χ2v) is 16.8. The molecule has 0 N–H and O–H groups in total. The van der Waals surface area contributed by atoms with Crippen LogP contribution in [0, 0.1) is 0 Å². The van der Waals surface area contributed by atoms with Crippen LogP contribution in [0.2, 0.25) is 19.6 Å². The van der Waals surface area contributed by atoms with Gasteiger partial charge in [0.15, 0.2) is 0 Å². The minimum atomic E-state index is -1.73. The molecule has 0 atom stereocenters. The highest BCUT2D eigenvalue weighted by atomic mass is 32.1. The Hall–Kier alpha value is -1.10. The Balaban J connectivity index is 2.29. The van der Waals surface area contributed by atoms with E-state index in [1.54, 1.807) is 0 Å². The second kappa shape index (κ2) is 6.75. The number of benzene rings is 1. The van der Waals surface area contributed by atoms with Crippen LogP contribution in [0.15, 0.2) is 29.6 Å². The molecule has 4 heteroatoms. The lowest BCUT2D eigenvalue weighted by atomic mass is 9.78. The van der Waals surface area contributed by atoms with Crippen LogP contribution in [0.3, 0.4) is 0 Å². The van der Waals surface area contributed by atoms with Crippen molar-refractivity contribution in [3.05, 3.63) is 40.8 Å². The molecule has 0 amide bonds. The molecular formula is C23H32OS2Si. The number of thiophene rings is 2. The predicted octanol–water partition coefficient (Wildman–Crippen LogP) is 8.44. The van der Waals surface area contributed by atoms with Crippen LogP contribution in [0.4, 0.5) is 0 Å². The van der Waals surface area contributed by atoms with Crippen molar-refractivity contribution in [1.29, 1.82) is 0 Å². The van der Waals surface area contributed by atoms with E-state index in [2.05, 4.69) is 90.8 Å². The number of rotatable bonds is 3. The first-order valence-electron chi connectivity index (χ1n) is 9.61. The topological polar surface area (TPSA) is 9.23 Å². The van der Waals surface area contributed by atoms with Gasteiger partial charge in [-0.25, -0.2) is 0 Å². The molecule has 0 aliphatic heterocycles.